The van der Waals surface area contributed by atoms with Gasteiger partial charge in [-0.05, 0) is 43.2 Å². The van der Waals surface area contributed by atoms with Gasteiger partial charge in [-0.15, -0.1) is 0 Å². The van der Waals surface area contributed by atoms with E-state index in [2.05, 4.69) is 45.2 Å². The van der Waals surface area contributed by atoms with Crippen LogP contribution in [0.3, 0.4) is 0 Å². The Balaban J connectivity index is 1.68. The van der Waals surface area contributed by atoms with E-state index in [9.17, 15) is 10.4 Å². The molecule has 0 aromatic heterocycles. The van der Waals surface area contributed by atoms with E-state index in [4.69, 9.17) is 14.2 Å². The van der Waals surface area contributed by atoms with Crippen LogP contribution in [0.1, 0.15) is 51.7 Å². The van der Waals surface area contributed by atoms with Crippen LogP contribution in [-0.4, -0.2) is 54.1 Å². The fourth-order valence-electron chi connectivity index (χ4n) is 8.27. The topological polar surface area (TPSA) is 75.0 Å². The molecule has 6 aliphatic rings. The first kappa shape index (κ1) is 21.3. The maximum Gasteiger partial charge on any atom is 0.179 e. The van der Waals surface area contributed by atoms with Gasteiger partial charge in [-0.2, -0.15) is 5.26 Å². The first-order valence-electron chi connectivity index (χ1n) is 12.1. The molecule has 2 spiro atoms. The molecule has 4 aliphatic carbocycles. The molecule has 2 heterocycles. The Kier molecular flexibility index (Phi) is 3.91. The Bertz CT molecular complexity index is 1110. The molecule has 1 saturated heterocycles. The standard InChI is InChI=1S/C27H34N2O4/c1-23(2,3)24(4,30)18-14-25-9-10-27(18,32-6)22-26(25)11-12-29(15-28)19(25)13-16-7-8-17(31-5)21(33-22)20(16)26/h7-10,18-19,22,30H,11-14H2,1-6H3/t18-,19-,22-,24?,25-,26+,27-/m1/s1. The number of nitrogens with zero attached hydrogens (tertiary/aromatic N) is 2. The normalized spacial score (nSPS) is 41.2. The number of ether oxygens (including phenoxy) is 3. The molecule has 1 aromatic rings. The second-order valence-electron chi connectivity index (χ2n) is 11.9. The van der Waals surface area contributed by atoms with Crippen LogP contribution in [0.25, 0.3) is 0 Å². The minimum Gasteiger partial charge on any atom is -0.493 e. The van der Waals surface area contributed by atoms with E-state index < -0.39 is 11.2 Å². The molecule has 1 aromatic carbocycles. The van der Waals surface area contributed by atoms with Crippen molar-refractivity contribution in [3.8, 4) is 17.7 Å². The van der Waals surface area contributed by atoms with Crippen molar-refractivity contribution in [3.05, 3.63) is 35.4 Å². The van der Waals surface area contributed by atoms with E-state index in [0.29, 0.717) is 6.54 Å². The molecule has 6 heteroatoms. The number of aliphatic hydroxyl groups is 1. The van der Waals surface area contributed by atoms with Crippen molar-refractivity contribution in [2.75, 3.05) is 20.8 Å². The van der Waals surface area contributed by atoms with Gasteiger partial charge in [0.1, 0.15) is 11.7 Å². The summed E-state index contributed by atoms with van der Waals surface area (Å²) in [5, 5.41) is 22.2. The van der Waals surface area contributed by atoms with Gasteiger partial charge in [-0.3, -0.25) is 0 Å². The van der Waals surface area contributed by atoms with E-state index in [0.717, 1.165) is 30.8 Å². The van der Waals surface area contributed by atoms with Crippen molar-refractivity contribution < 1.29 is 19.3 Å². The van der Waals surface area contributed by atoms with Crippen LogP contribution in [0.15, 0.2) is 24.3 Å². The van der Waals surface area contributed by atoms with Gasteiger partial charge in [0.2, 0.25) is 0 Å². The zero-order valence-corrected chi connectivity index (χ0v) is 20.4. The van der Waals surface area contributed by atoms with Crippen LogP contribution in [0.2, 0.25) is 0 Å². The number of hydrogen-bond donors (Lipinski definition) is 1. The Labute approximate surface area is 196 Å². The predicted molar refractivity (Wildman–Crippen MR) is 123 cm³/mol. The van der Waals surface area contributed by atoms with Crippen molar-refractivity contribution >= 4 is 0 Å². The molecule has 1 saturated carbocycles. The van der Waals surface area contributed by atoms with Crippen LogP contribution in [0, 0.1) is 28.2 Å². The lowest BCUT2D eigenvalue weighted by Crippen LogP contribution is -2.81. The Morgan fingerprint density at radius 3 is 2.61 bits per heavy atom. The third kappa shape index (κ3) is 2.05. The summed E-state index contributed by atoms with van der Waals surface area (Å²) >= 11 is 0. The Morgan fingerprint density at radius 1 is 1.21 bits per heavy atom. The summed E-state index contributed by atoms with van der Waals surface area (Å²) in [7, 11) is 3.44. The summed E-state index contributed by atoms with van der Waals surface area (Å²) in [4.78, 5) is 1.98. The molecular formula is C27H34N2O4. The molecule has 7 atom stereocenters. The lowest BCUT2D eigenvalue weighted by Gasteiger charge is -2.72. The van der Waals surface area contributed by atoms with Crippen LogP contribution in [0.4, 0.5) is 0 Å². The lowest BCUT2D eigenvalue weighted by atomic mass is 9.35. The number of fused-ring (bicyclic) bond motifs is 1. The SMILES string of the molecule is COc1ccc2c3c1O[C@H]1[C@@]4(OC)C=C[C@@]5(C[C@@H]4C(C)(O)C(C)(C)C)[C@@H](C2)N(C#N)CC[C@]315. The molecular weight excluding hydrogens is 416 g/mol. The summed E-state index contributed by atoms with van der Waals surface area (Å²) in [5.74, 6) is 1.38. The van der Waals surface area contributed by atoms with Crippen molar-refractivity contribution in [2.24, 2.45) is 16.7 Å². The van der Waals surface area contributed by atoms with Gasteiger partial charge >= 0.3 is 0 Å². The van der Waals surface area contributed by atoms with E-state index in [-0.39, 0.29) is 34.3 Å². The average molecular weight is 451 g/mol. The average Bonchev–Trinajstić information content (AvgIpc) is 3.15. The molecule has 1 unspecified atom stereocenters. The second-order valence-corrected chi connectivity index (χ2v) is 11.9. The third-order valence-corrected chi connectivity index (χ3v) is 10.3. The molecule has 2 fully saturated rings. The zero-order chi connectivity index (χ0) is 23.6. The molecule has 1 N–H and O–H groups in total. The van der Waals surface area contributed by atoms with E-state index >= 15 is 0 Å². The van der Waals surface area contributed by atoms with Gasteiger partial charge in [-0.1, -0.05) is 39.0 Å². The number of piperidine rings is 1. The van der Waals surface area contributed by atoms with E-state index in [1.165, 1.54) is 11.1 Å². The Morgan fingerprint density at radius 2 is 1.97 bits per heavy atom. The lowest BCUT2D eigenvalue weighted by molar-refractivity contribution is -0.260. The fourth-order valence-corrected chi connectivity index (χ4v) is 8.27. The van der Waals surface area contributed by atoms with Crippen molar-refractivity contribution in [1.82, 2.24) is 4.90 Å². The minimum absolute atomic E-state index is 0.0267. The van der Waals surface area contributed by atoms with Gasteiger partial charge in [0.15, 0.2) is 17.7 Å². The quantitative estimate of drug-likeness (QED) is 0.561. The summed E-state index contributed by atoms with van der Waals surface area (Å²) in [6, 6.07) is 4.17. The van der Waals surface area contributed by atoms with Crippen molar-refractivity contribution in [3.63, 3.8) is 0 Å². The highest BCUT2D eigenvalue weighted by Crippen LogP contribution is 2.76. The molecule has 33 heavy (non-hydrogen) atoms. The molecule has 0 radical (unpaired) electrons. The van der Waals surface area contributed by atoms with Gasteiger partial charge in [0.25, 0.3) is 0 Å². The van der Waals surface area contributed by atoms with Crippen LogP contribution in [-0.2, 0) is 16.6 Å². The highest BCUT2D eigenvalue weighted by atomic mass is 16.6. The molecule has 6 nitrogen and oxygen atoms in total. The maximum atomic E-state index is 12.1. The molecule has 2 aliphatic heterocycles. The van der Waals surface area contributed by atoms with Crippen LogP contribution in [0.5, 0.6) is 11.5 Å². The Hall–Kier alpha value is -2.23. The highest BCUT2D eigenvalue weighted by molar-refractivity contribution is 5.65. The summed E-state index contributed by atoms with van der Waals surface area (Å²) < 4.78 is 19.1. The van der Waals surface area contributed by atoms with Gasteiger partial charge < -0.3 is 24.2 Å². The van der Waals surface area contributed by atoms with E-state index in [1.54, 1.807) is 14.2 Å². The number of rotatable bonds is 3. The van der Waals surface area contributed by atoms with Crippen molar-refractivity contribution in [2.45, 2.75) is 75.7 Å². The smallest absolute Gasteiger partial charge is 0.179 e. The molecule has 0 amide bonds. The zero-order valence-electron chi connectivity index (χ0n) is 20.4. The van der Waals surface area contributed by atoms with Gasteiger partial charge in [0, 0.05) is 30.6 Å². The number of likely N-dealkylation sites (tertiary alicyclic amines) is 1. The number of nitriles is 1. The molecule has 4 bridgehead atoms. The highest BCUT2D eigenvalue weighted by Gasteiger charge is 2.81. The summed E-state index contributed by atoms with van der Waals surface area (Å²) in [6.45, 7) is 8.91. The maximum absolute atomic E-state index is 12.1. The largest absolute Gasteiger partial charge is 0.493 e. The first-order chi connectivity index (χ1) is 15.5. The van der Waals surface area contributed by atoms with Crippen LogP contribution >= 0.6 is 0 Å². The van der Waals surface area contributed by atoms with E-state index in [1.807, 2.05) is 17.9 Å². The summed E-state index contributed by atoms with van der Waals surface area (Å²) in [6.07, 6.45) is 9.06. The van der Waals surface area contributed by atoms with Gasteiger partial charge in [0.05, 0.1) is 24.2 Å². The monoisotopic (exact) mass is 450 g/mol. The molecule has 176 valence electrons. The first-order valence-corrected chi connectivity index (χ1v) is 12.1. The second kappa shape index (κ2) is 6.06. The number of hydrogen-bond acceptors (Lipinski definition) is 6. The van der Waals surface area contributed by atoms with Gasteiger partial charge in [-0.25, -0.2) is 0 Å². The third-order valence-electron chi connectivity index (χ3n) is 10.3. The minimum atomic E-state index is -1.02. The van der Waals surface area contributed by atoms with Crippen molar-refractivity contribution in [1.29, 1.82) is 5.26 Å². The number of benzene rings is 1. The summed E-state index contributed by atoms with van der Waals surface area (Å²) in [5.41, 5.74) is -0.303. The molecule has 7 rings (SSSR count). The number of methoxy groups -OCH3 is 2. The predicted octanol–water partition coefficient (Wildman–Crippen LogP) is 3.56. The fraction of sp³-hybridized carbons (Fsp3) is 0.667. The van der Waals surface area contributed by atoms with Crippen LogP contribution < -0.4 is 9.47 Å².